The minimum absolute atomic E-state index is 0.636. The van der Waals surface area contributed by atoms with Crippen molar-refractivity contribution in [1.82, 2.24) is 19.6 Å². The summed E-state index contributed by atoms with van der Waals surface area (Å²) in [4.78, 5) is 0. The van der Waals surface area contributed by atoms with E-state index in [1.54, 1.807) is 6.20 Å². The second-order valence-corrected chi connectivity index (χ2v) is 4.46. The van der Waals surface area contributed by atoms with Gasteiger partial charge in [-0.15, -0.1) is 0 Å². The molecule has 1 aliphatic rings. The highest BCUT2D eigenvalue weighted by Gasteiger charge is 2.19. The van der Waals surface area contributed by atoms with Crippen molar-refractivity contribution in [2.24, 2.45) is 0 Å². The third-order valence-corrected chi connectivity index (χ3v) is 3.26. The SMILES string of the molecule is c1cnn(CCNc2ccn(C3CCC3)n2)c1. The summed E-state index contributed by atoms with van der Waals surface area (Å²) in [6, 6.07) is 4.61. The van der Waals surface area contributed by atoms with E-state index in [2.05, 4.69) is 26.4 Å². The molecular formula is C12H17N5. The average molecular weight is 231 g/mol. The van der Waals surface area contributed by atoms with Gasteiger partial charge in [-0.3, -0.25) is 9.36 Å². The molecule has 1 N–H and O–H groups in total. The van der Waals surface area contributed by atoms with E-state index in [0.717, 1.165) is 18.9 Å². The standard InChI is InChI=1S/C12H17N5/c1-3-11(4-1)17-9-5-12(15-17)13-7-10-16-8-2-6-14-16/h2,5-6,8-9,11H,1,3-4,7,10H2,(H,13,15). The van der Waals surface area contributed by atoms with Crippen molar-refractivity contribution in [3.05, 3.63) is 30.7 Å². The molecule has 0 amide bonds. The Labute approximate surface area is 100 Å². The van der Waals surface area contributed by atoms with Crippen LogP contribution in [0.5, 0.6) is 0 Å². The molecule has 2 aromatic rings. The summed E-state index contributed by atoms with van der Waals surface area (Å²) in [7, 11) is 0. The van der Waals surface area contributed by atoms with Crippen LogP contribution >= 0.6 is 0 Å². The zero-order valence-corrected chi connectivity index (χ0v) is 9.79. The summed E-state index contributed by atoms with van der Waals surface area (Å²) in [6.45, 7) is 1.71. The van der Waals surface area contributed by atoms with Crippen LogP contribution in [0.25, 0.3) is 0 Å². The van der Waals surface area contributed by atoms with Crippen molar-refractivity contribution in [1.29, 1.82) is 0 Å². The third kappa shape index (κ3) is 2.33. The van der Waals surface area contributed by atoms with Crippen LogP contribution in [0.4, 0.5) is 5.82 Å². The molecule has 1 saturated carbocycles. The second-order valence-electron chi connectivity index (χ2n) is 4.46. The lowest BCUT2D eigenvalue weighted by atomic mass is 9.93. The van der Waals surface area contributed by atoms with Crippen molar-refractivity contribution in [3.8, 4) is 0 Å². The van der Waals surface area contributed by atoms with E-state index < -0.39 is 0 Å². The molecule has 0 atom stereocenters. The van der Waals surface area contributed by atoms with E-state index in [-0.39, 0.29) is 0 Å². The Morgan fingerprint density at radius 2 is 2.29 bits per heavy atom. The van der Waals surface area contributed by atoms with Gasteiger partial charge in [0.15, 0.2) is 0 Å². The topological polar surface area (TPSA) is 47.7 Å². The van der Waals surface area contributed by atoms with Gasteiger partial charge in [-0.2, -0.15) is 10.2 Å². The maximum Gasteiger partial charge on any atom is 0.148 e. The Balaban J connectivity index is 1.49. The van der Waals surface area contributed by atoms with E-state index >= 15 is 0 Å². The molecule has 0 aromatic carbocycles. The quantitative estimate of drug-likeness (QED) is 0.855. The van der Waals surface area contributed by atoms with Gasteiger partial charge in [-0.1, -0.05) is 0 Å². The molecular weight excluding hydrogens is 214 g/mol. The minimum atomic E-state index is 0.636. The van der Waals surface area contributed by atoms with Gasteiger partial charge in [-0.25, -0.2) is 0 Å². The van der Waals surface area contributed by atoms with Gasteiger partial charge in [0.2, 0.25) is 0 Å². The maximum absolute atomic E-state index is 4.53. The monoisotopic (exact) mass is 231 g/mol. The van der Waals surface area contributed by atoms with E-state index in [4.69, 9.17) is 0 Å². The molecule has 2 aromatic heterocycles. The Morgan fingerprint density at radius 1 is 1.35 bits per heavy atom. The Hall–Kier alpha value is -1.78. The van der Waals surface area contributed by atoms with Gasteiger partial charge in [0, 0.05) is 31.2 Å². The molecule has 5 heteroatoms. The van der Waals surface area contributed by atoms with Gasteiger partial charge in [0.05, 0.1) is 12.6 Å². The Bertz CT molecular complexity index is 455. The van der Waals surface area contributed by atoms with E-state index in [9.17, 15) is 0 Å². The largest absolute Gasteiger partial charge is 0.367 e. The summed E-state index contributed by atoms with van der Waals surface area (Å²) in [5.74, 6) is 0.962. The number of anilines is 1. The predicted molar refractivity (Wildman–Crippen MR) is 65.8 cm³/mol. The van der Waals surface area contributed by atoms with Gasteiger partial charge in [-0.05, 0) is 25.3 Å². The average Bonchev–Trinajstić information content (AvgIpc) is 2.87. The second kappa shape index (κ2) is 4.61. The predicted octanol–water partition coefficient (Wildman–Crippen LogP) is 1.92. The molecule has 0 bridgehead atoms. The summed E-state index contributed by atoms with van der Waals surface area (Å²) in [6.07, 6.45) is 9.72. The first-order chi connectivity index (χ1) is 8.42. The summed E-state index contributed by atoms with van der Waals surface area (Å²) in [5, 5.41) is 12.0. The summed E-state index contributed by atoms with van der Waals surface area (Å²) < 4.78 is 4.00. The smallest absolute Gasteiger partial charge is 0.148 e. The van der Waals surface area contributed by atoms with Crippen molar-refractivity contribution in [3.63, 3.8) is 0 Å². The fraction of sp³-hybridized carbons (Fsp3) is 0.500. The molecule has 0 saturated heterocycles. The fourth-order valence-corrected chi connectivity index (χ4v) is 2.02. The van der Waals surface area contributed by atoms with Crippen LogP contribution in [-0.4, -0.2) is 26.1 Å². The number of rotatable bonds is 5. The molecule has 0 unspecified atom stereocenters. The molecule has 90 valence electrons. The van der Waals surface area contributed by atoms with Gasteiger partial charge < -0.3 is 5.32 Å². The lowest BCUT2D eigenvalue weighted by molar-refractivity contribution is 0.290. The van der Waals surface area contributed by atoms with Crippen LogP contribution < -0.4 is 5.32 Å². The molecule has 1 aliphatic carbocycles. The molecule has 0 aliphatic heterocycles. The van der Waals surface area contributed by atoms with Crippen LogP contribution in [-0.2, 0) is 6.54 Å². The van der Waals surface area contributed by atoms with Crippen molar-refractivity contribution >= 4 is 5.82 Å². The molecule has 17 heavy (non-hydrogen) atoms. The van der Waals surface area contributed by atoms with Crippen molar-refractivity contribution < 1.29 is 0 Å². The molecule has 0 radical (unpaired) electrons. The molecule has 2 heterocycles. The molecule has 1 fully saturated rings. The first-order valence-corrected chi connectivity index (χ1v) is 6.18. The van der Waals surface area contributed by atoms with Crippen LogP contribution in [0.1, 0.15) is 25.3 Å². The zero-order chi connectivity index (χ0) is 11.5. The highest BCUT2D eigenvalue weighted by molar-refractivity contribution is 5.32. The maximum atomic E-state index is 4.53. The third-order valence-electron chi connectivity index (χ3n) is 3.26. The lowest BCUT2D eigenvalue weighted by Gasteiger charge is -2.25. The first kappa shape index (κ1) is 10.4. The number of hydrogen-bond acceptors (Lipinski definition) is 3. The number of hydrogen-bond donors (Lipinski definition) is 1. The highest BCUT2D eigenvalue weighted by Crippen LogP contribution is 2.30. The first-order valence-electron chi connectivity index (χ1n) is 6.18. The van der Waals surface area contributed by atoms with Crippen LogP contribution in [0, 0.1) is 0 Å². The number of nitrogens with one attached hydrogen (secondary N) is 1. The molecule has 3 rings (SSSR count). The van der Waals surface area contributed by atoms with E-state index in [1.807, 2.05) is 23.0 Å². The Morgan fingerprint density at radius 3 is 3.00 bits per heavy atom. The van der Waals surface area contributed by atoms with Crippen molar-refractivity contribution in [2.45, 2.75) is 31.8 Å². The highest BCUT2D eigenvalue weighted by atomic mass is 15.3. The van der Waals surface area contributed by atoms with Crippen LogP contribution in [0.2, 0.25) is 0 Å². The van der Waals surface area contributed by atoms with Crippen molar-refractivity contribution in [2.75, 3.05) is 11.9 Å². The Kier molecular flexibility index (Phi) is 2.81. The van der Waals surface area contributed by atoms with Gasteiger partial charge >= 0.3 is 0 Å². The summed E-state index contributed by atoms with van der Waals surface area (Å²) >= 11 is 0. The summed E-state index contributed by atoms with van der Waals surface area (Å²) in [5.41, 5.74) is 0. The van der Waals surface area contributed by atoms with E-state index in [1.165, 1.54) is 19.3 Å². The van der Waals surface area contributed by atoms with E-state index in [0.29, 0.717) is 6.04 Å². The lowest BCUT2D eigenvalue weighted by Crippen LogP contribution is -2.18. The fourth-order valence-electron chi connectivity index (χ4n) is 2.02. The minimum Gasteiger partial charge on any atom is -0.367 e. The number of aromatic nitrogens is 4. The molecule has 5 nitrogen and oxygen atoms in total. The molecule has 0 spiro atoms. The van der Waals surface area contributed by atoms with Gasteiger partial charge in [0.25, 0.3) is 0 Å². The normalized spacial score (nSPS) is 15.8. The number of nitrogens with zero attached hydrogens (tertiary/aromatic N) is 4. The zero-order valence-electron chi connectivity index (χ0n) is 9.79. The van der Waals surface area contributed by atoms with Crippen LogP contribution in [0.3, 0.4) is 0 Å². The van der Waals surface area contributed by atoms with Crippen LogP contribution in [0.15, 0.2) is 30.7 Å². The van der Waals surface area contributed by atoms with Gasteiger partial charge in [0.1, 0.15) is 5.82 Å².